The van der Waals surface area contributed by atoms with Crippen LogP contribution in [0.15, 0.2) is 18.3 Å². The Labute approximate surface area is 106 Å². The molecule has 2 heterocycles. The fourth-order valence-corrected chi connectivity index (χ4v) is 2.71. The van der Waals surface area contributed by atoms with E-state index in [4.69, 9.17) is 0 Å². The third-order valence-electron chi connectivity index (χ3n) is 2.74. The Bertz CT molecular complexity index is 496. The third kappa shape index (κ3) is 2.88. The molecule has 2 rings (SSSR count). The molecule has 17 heavy (non-hydrogen) atoms. The van der Waals surface area contributed by atoms with Crippen molar-refractivity contribution in [3.05, 3.63) is 33.6 Å². The number of anilines is 1. The summed E-state index contributed by atoms with van der Waals surface area (Å²) in [5.74, 6) is 0.946. The van der Waals surface area contributed by atoms with E-state index in [0.29, 0.717) is 6.04 Å². The topological polar surface area (TPSA) is 29.9 Å². The maximum atomic E-state index is 4.47. The molecule has 0 atom stereocenters. The molecule has 0 aliphatic rings. The molecule has 0 bridgehead atoms. The summed E-state index contributed by atoms with van der Waals surface area (Å²) in [6.07, 6.45) is 2.01. The lowest BCUT2D eigenvalue weighted by atomic mass is 10.2. The molecule has 3 nitrogen and oxygen atoms in total. The highest BCUT2D eigenvalue weighted by atomic mass is 32.1. The lowest BCUT2D eigenvalue weighted by molar-refractivity contribution is 0.534. The second-order valence-electron chi connectivity index (χ2n) is 4.57. The van der Waals surface area contributed by atoms with Gasteiger partial charge >= 0.3 is 0 Å². The molecular formula is C13H19N3S. The Balaban J connectivity index is 2.00. The fraction of sp³-hybridized carbons (Fsp3) is 0.462. The summed E-state index contributed by atoms with van der Waals surface area (Å²) in [4.78, 5) is 2.75. The van der Waals surface area contributed by atoms with E-state index in [1.165, 1.54) is 15.3 Å². The van der Waals surface area contributed by atoms with Crippen molar-refractivity contribution in [3.63, 3.8) is 0 Å². The van der Waals surface area contributed by atoms with Gasteiger partial charge in [-0.1, -0.05) is 0 Å². The molecule has 2 aromatic heterocycles. The highest BCUT2D eigenvalue weighted by Crippen LogP contribution is 2.21. The molecule has 1 N–H and O–H groups in total. The maximum Gasteiger partial charge on any atom is 0.148 e. The van der Waals surface area contributed by atoms with E-state index in [1.807, 2.05) is 28.3 Å². The summed E-state index contributed by atoms with van der Waals surface area (Å²) in [5.41, 5.74) is 1.37. The third-order valence-corrected chi connectivity index (χ3v) is 3.75. The zero-order valence-corrected chi connectivity index (χ0v) is 11.6. The first kappa shape index (κ1) is 12.2. The van der Waals surface area contributed by atoms with Gasteiger partial charge in [-0.25, -0.2) is 0 Å². The van der Waals surface area contributed by atoms with Crippen LogP contribution in [0.1, 0.15) is 35.2 Å². The molecule has 0 fully saturated rings. The second-order valence-corrected chi connectivity index (χ2v) is 6.03. The van der Waals surface area contributed by atoms with Crippen molar-refractivity contribution in [2.24, 2.45) is 0 Å². The Morgan fingerprint density at radius 2 is 2.18 bits per heavy atom. The van der Waals surface area contributed by atoms with Crippen LogP contribution in [0, 0.1) is 13.8 Å². The summed E-state index contributed by atoms with van der Waals surface area (Å²) < 4.78 is 1.97. The van der Waals surface area contributed by atoms with Crippen molar-refractivity contribution >= 4 is 17.2 Å². The van der Waals surface area contributed by atoms with Crippen LogP contribution >= 0.6 is 11.3 Å². The monoisotopic (exact) mass is 249 g/mol. The number of thiophene rings is 1. The first-order valence-electron chi connectivity index (χ1n) is 5.91. The van der Waals surface area contributed by atoms with Gasteiger partial charge < -0.3 is 5.32 Å². The minimum Gasteiger partial charge on any atom is -0.364 e. The van der Waals surface area contributed by atoms with E-state index in [9.17, 15) is 0 Å². The van der Waals surface area contributed by atoms with Crippen molar-refractivity contribution in [3.8, 4) is 0 Å². The molecule has 0 saturated heterocycles. The van der Waals surface area contributed by atoms with Gasteiger partial charge in [0, 0.05) is 34.6 Å². The fourth-order valence-electron chi connectivity index (χ4n) is 1.76. The maximum absolute atomic E-state index is 4.47. The number of hydrogen-bond donors (Lipinski definition) is 1. The van der Waals surface area contributed by atoms with E-state index in [1.54, 1.807) is 0 Å². The smallest absolute Gasteiger partial charge is 0.148 e. The standard InChI is InChI=1S/C13H19N3S/c1-9(2)16-6-5-13(15-16)14-8-12-7-10(3)17-11(12)4/h5-7,9H,8H2,1-4H3,(H,14,15). The Hall–Kier alpha value is -1.29. The predicted molar refractivity (Wildman–Crippen MR) is 73.7 cm³/mol. The van der Waals surface area contributed by atoms with Crippen molar-refractivity contribution < 1.29 is 0 Å². The van der Waals surface area contributed by atoms with E-state index in [-0.39, 0.29) is 0 Å². The highest BCUT2D eigenvalue weighted by Gasteiger charge is 2.04. The van der Waals surface area contributed by atoms with Gasteiger partial charge in [0.2, 0.25) is 0 Å². The zero-order valence-electron chi connectivity index (χ0n) is 10.8. The van der Waals surface area contributed by atoms with Crippen LogP contribution in [-0.4, -0.2) is 9.78 Å². The number of aromatic nitrogens is 2. The number of hydrogen-bond acceptors (Lipinski definition) is 3. The van der Waals surface area contributed by atoms with Crippen LogP contribution in [0.3, 0.4) is 0 Å². The van der Waals surface area contributed by atoms with Gasteiger partial charge in [-0.3, -0.25) is 4.68 Å². The van der Waals surface area contributed by atoms with Crippen LogP contribution in [0.5, 0.6) is 0 Å². The molecule has 0 saturated carbocycles. The van der Waals surface area contributed by atoms with Crippen molar-refractivity contribution in [2.75, 3.05) is 5.32 Å². The van der Waals surface area contributed by atoms with Gasteiger partial charge in [0.05, 0.1) is 0 Å². The summed E-state index contributed by atoms with van der Waals surface area (Å²) in [6.45, 7) is 9.42. The molecule has 0 aliphatic carbocycles. The first-order valence-corrected chi connectivity index (χ1v) is 6.73. The highest BCUT2D eigenvalue weighted by molar-refractivity contribution is 7.12. The first-order chi connectivity index (χ1) is 8.06. The summed E-state index contributed by atoms with van der Waals surface area (Å²) >= 11 is 1.85. The van der Waals surface area contributed by atoms with Gasteiger partial charge in [-0.15, -0.1) is 11.3 Å². The molecular weight excluding hydrogens is 230 g/mol. The van der Waals surface area contributed by atoms with E-state index in [2.05, 4.69) is 44.2 Å². The molecule has 0 unspecified atom stereocenters. The zero-order chi connectivity index (χ0) is 12.4. The molecule has 0 radical (unpaired) electrons. The number of nitrogens with one attached hydrogen (secondary N) is 1. The molecule has 0 amide bonds. The van der Waals surface area contributed by atoms with Crippen LogP contribution < -0.4 is 5.32 Å². The minimum atomic E-state index is 0.413. The van der Waals surface area contributed by atoms with Crippen LogP contribution in [-0.2, 0) is 6.54 Å². The summed E-state index contributed by atoms with van der Waals surface area (Å²) in [5, 5.41) is 7.84. The van der Waals surface area contributed by atoms with Gasteiger partial charge in [-0.05, 0) is 39.3 Å². The molecule has 2 aromatic rings. The van der Waals surface area contributed by atoms with E-state index < -0.39 is 0 Å². The molecule has 0 spiro atoms. The lowest BCUT2D eigenvalue weighted by Crippen LogP contribution is -2.04. The second kappa shape index (κ2) is 4.92. The SMILES string of the molecule is Cc1cc(CNc2ccn(C(C)C)n2)c(C)s1. The van der Waals surface area contributed by atoms with E-state index in [0.717, 1.165) is 12.4 Å². The van der Waals surface area contributed by atoms with E-state index >= 15 is 0 Å². The number of aryl methyl sites for hydroxylation is 2. The Kier molecular flexibility index (Phi) is 3.52. The van der Waals surface area contributed by atoms with Crippen LogP contribution in [0.2, 0.25) is 0 Å². The summed E-state index contributed by atoms with van der Waals surface area (Å²) in [7, 11) is 0. The molecule has 92 valence electrons. The number of rotatable bonds is 4. The Morgan fingerprint density at radius 3 is 2.71 bits per heavy atom. The summed E-state index contributed by atoms with van der Waals surface area (Å²) in [6, 6.07) is 4.68. The average molecular weight is 249 g/mol. The Morgan fingerprint density at radius 1 is 1.41 bits per heavy atom. The predicted octanol–water partition coefficient (Wildman–Crippen LogP) is 3.75. The van der Waals surface area contributed by atoms with Gasteiger partial charge in [0.15, 0.2) is 0 Å². The van der Waals surface area contributed by atoms with Crippen molar-refractivity contribution in [2.45, 2.75) is 40.3 Å². The number of nitrogens with zero attached hydrogens (tertiary/aromatic N) is 2. The van der Waals surface area contributed by atoms with Gasteiger partial charge in [0.25, 0.3) is 0 Å². The van der Waals surface area contributed by atoms with Crippen LogP contribution in [0.25, 0.3) is 0 Å². The largest absolute Gasteiger partial charge is 0.364 e. The molecule has 0 aliphatic heterocycles. The van der Waals surface area contributed by atoms with Crippen LogP contribution in [0.4, 0.5) is 5.82 Å². The molecule has 0 aromatic carbocycles. The minimum absolute atomic E-state index is 0.413. The van der Waals surface area contributed by atoms with Crippen molar-refractivity contribution in [1.82, 2.24) is 9.78 Å². The quantitative estimate of drug-likeness (QED) is 0.894. The van der Waals surface area contributed by atoms with Gasteiger partial charge in [-0.2, -0.15) is 5.10 Å². The normalized spacial score (nSPS) is 11.1. The lowest BCUT2D eigenvalue weighted by Gasteiger charge is -2.05. The average Bonchev–Trinajstić information content (AvgIpc) is 2.82. The van der Waals surface area contributed by atoms with Crippen molar-refractivity contribution in [1.29, 1.82) is 0 Å². The molecule has 4 heteroatoms. The van der Waals surface area contributed by atoms with Gasteiger partial charge in [0.1, 0.15) is 5.82 Å².